The van der Waals surface area contributed by atoms with E-state index in [4.69, 9.17) is 14.5 Å². The van der Waals surface area contributed by atoms with Crippen LogP contribution < -0.4 is 25.0 Å². The summed E-state index contributed by atoms with van der Waals surface area (Å²) in [6.07, 6.45) is 5.15. The van der Waals surface area contributed by atoms with Gasteiger partial charge in [0.15, 0.2) is 11.6 Å². The molecule has 10 heteroatoms. The summed E-state index contributed by atoms with van der Waals surface area (Å²) < 4.78 is 14.4. The number of nitrogens with one attached hydrogen (secondary N) is 2. The second-order valence-corrected chi connectivity index (χ2v) is 9.47. The summed E-state index contributed by atoms with van der Waals surface area (Å²) in [6.45, 7) is 5.33. The third kappa shape index (κ3) is 3.77. The highest BCUT2D eigenvalue weighted by Crippen LogP contribution is 2.41. The van der Waals surface area contributed by atoms with E-state index in [9.17, 15) is 0 Å². The lowest BCUT2D eigenvalue weighted by Gasteiger charge is -2.41. The number of piperazine rings is 1. The summed E-state index contributed by atoms with van der Waals surface area (Å²) in [4.78, 5) is 20.5. The highest BCUT2D eigenvalue weighted by molar-refractivity contribution is 5.98. The average Bonchev–Trinajstić information content (AvgIpc) is 3.29. The average molecular weight is 495 g/mol. The van der Waals surface area contributed by atoms with Crippen molar-refractivity contribution >= 4 is 39.3 Å². The number of hydrogen-bond donors (Lipinski definition) is 2. The van der Waals surface area contributed by atoms with Gasteiger partial charge in [0.2, 0.25) is 0 Å². The number of ether oxygens (including phenoxy) is 2. The fourth-order valence-electron chi connectivity index (χ4n) is 5.10. The highest BCUT2D eigenvalue weighted by atomic mass is 16.5. The van der Waals surface area contributed by atoms with Crippen molar-refractivity contribution in [3.63, 3.8) is 0 Å². The molecule has 10 nitrogen and oxygen atoms in total. The Kier molecular flexibility index (Phi) is 5.07. The van der Waals surface area contributed by atoms with Crippen molar-refractivity contribution in [2.24, 2.45) is 7.05 Å². The molecule has 186 valence electrons. The van der Waals surface area contributed by atoms with Gasteiger partial charge in [0.25, 0.3) is 0 Å². The van der Waals surface area contributed by atoms with E-state index >= 15 is 0 Å². The molecule has 0 bridgehead atoms. The summed E-state index contributed by atoms with van der Waals surface area (Å²) in [5, 5.41) is 7.74. The molecule has 2 N–H and O–H groups in total. The Labute approximate surface area is 213 Å². The van der Waals surface area contributed by atoms with Crippen LogP contribution in [0.2, 0.25) is 0 Å². The van der Waals surface area contributed by atoms with E-state index in [0.29, 0.717) is 12.4 Å². The Morgan fingerprint density at radius 2 is 2.03 bits per heavy atom. The van der Waals surface area contributed by atoms with E-state index in [1.807, 2.05) is 54.9 Å². The normalized spacial score (nSPS) is 16.8. The number of hydrogen-bond acceptors (Lipinski definition) is 9. The highest BCUT2D eigenvalue weighted by Gasteiger charge is 2.33. The van der Waals surface area contributed by atoms with Crippen LogP contribution in [0.1, 0.15) is 5.56 Å². The molecule has 1 unspecified atom stereocenters. The molecule has 5 heterocycles. The third-order valence-corrected chi connectivity index (χ3v) is 7.02. The van der Waals surface area contributed by atoms with Crippen molar-refractivity contribution in [2.75, 3.05) is 36.5 Å². The molecule has 37 heavy (non-hydrogen) atoms. The van der Waals surface area contributed by atoms with Gasteiger partial charge in [-0.05, 0) is 42.8 Å². The molecule has 3 aromatic heterocycles. The number of imidazole rings is 1. The molecule has 0 amide bonds. The first-order chi connectivity index (χ1) is 18.1. The van der Waals surface area contributed by atoms with Crippen molar-refractivity contribution < 1.29 is 9.47 Å². The monoisotopic (exact) mass is 494 g/mol. The Balaban J connectivity index is 1.19. The summed E-state index contributed by atoms with van der Waals surface area (Å²) in [7, 11) is 1.98. The molecule has 0 spiro atoms. The van der Waals surface area contributed by atoms with E-state index in [0.717, 1.165) is 75.9 Å². The third-order valence-electron chi connectivity index (χ3n) is 7.02. The number of rotatable bonds is 4. The zero-order valence-electron chi connectivity index (χ0n) is 20.6. The lowest BCUT2D eigenvalue weighted by Crippen LogP contribution is -2.56. The van der Waals surface area contributed by atoms with E-state index in [2.05, 4.69) is 30.5 Å². The molecule has 1 fully saturated rings. The Morgan fingerprint density at radius 3 is 2.95 bits per heavy atom. The minimum atomic E-state index is 0.279. The number of pyridine rings is 1. The largest absolute Gasteiger partial charge is 0.487 e. The summed E-state index contributed by atoms with van der Waals surface area (Å²) in [5.41, 5.74) is 4.60. The predicted octanol–water partition coefficient (Wildman–Crippen LogP) is 3.93. The van der Waals surface area contributed by atoms with Gasteiger partial charge in [-0.25, -0.2) is 19.9 Å². The fourth-order valence-corrected chi connectivity index (χ4v) is 5.10. The van der Waals surface area contributed by atoms with Gasteiger partial charge in [0, 0.05) is 38.4 Å². The molecule has 1 saturated heterocycles. The molecule has 7 rings (SSSR count). The summed E-state index contributed by atoms with van der Waals surface area (Å²) in [6, 6.07) is 12.2. The first-order valence-electron chi connectivity index (χ1n) is 12.3. The van der Waals surface area contributed by atoms with Crippen LogP contribution in [0, 0.1) is 6.92 Å². The van der Waals surface area contributed by atoms with E-state index in [-0.39, 0.29) is 6.04 Å². The molecule has 2 aromatic carbocycles. The van der Waals surface area contributed by atoms with Crippen molar-refractivity contribution in [1.29, 1.82) is 0 Å². The van der Waals surface area contributed by atoms with E-state index in [1.165, 1.54) is 0 Å². The van der Waals surface area contributed by atoms with Gasteiger partial charge in [-0.15, -0.1) is 0 Å². The number of nitrogens with zero attached hydrogens (tertiary/aromatic N) is 6. The maximum Gasteiger partial charge on any atom is 0.175 e. The van der Waals surface area contributed by atoms with Crippen LogP contribution in [0.5, 0.6) is 17.2 Å². The van der Waals surface area contributed by atoms with Crippen molar-refractivity contribution in [3.8, 4) is 17.2 Å². The zero-order valence-corrected chi connectivity index (χ0v) is 20.6. The standard InChI is InChI=1S/C27H26N8O2/c1-16-9-17(3-6-23(16)37-19-4-5-22-20(10-19)32-15-34(22)2)33-26-24-21(30-14-31-26)12-29-27-25(24)36-13-18-11-28-7-8-35(18)27/h3-6,9-10,12,14-15,18,28H,7-8,11,13H2,1-2H3,(H,30,31,33). The molecular formula is C27H26N8O2. The van der Waals surface area contributed by atoms with Crippen molar-refractivity contribution in [3.05, 3.63) is 60.8 Å². The van der Waals surface area contributed by atoms with Gasteiger partial charge in [-0.2, -0.15) is 0 Å². The maximum atomic E-state index is 6.24. The molecule has 0 radical (unpaired) electrons. The van der Waals surface area contributed by atoms with Crippen LogP contribution in [-0.4, -0.2) is 56.8 Å². The Hall–Kier alpha value is -4.44. The van der Waals surface area contributed by atoms with Gasteiger partial charge in [-0.3, -0.25) is 0 Å². The van der Waals surface area contributed by atoms with Crippen molar-refractivity contribution in [1.82, 2.24) is 29.8 Å². The number of anilines is 3. The minimum Gasteiger partial charge on any atom is -0.487 e. The minimum absolute atomic E-state index is 0.279. The lowest BCUT2D eigenvalue weighted by molar-refractivity contribution is 0.247. The van der Waals surface area contributed by atoms with Gasteiger partial charge < -0.3 is 29.6 Å². The second-order valence-electron chi connectivity index (χ2n) is 9.47. The topological polar surface area (TPSA) is 102 Å². The SMILES string of the molecule is Cc1cc(Nc2ncnc3cnc4c(c23)OCC2CNCCN42)ccc1Oc1ccc2c(c1)ncn2C. The molecule has 1 atom stereocenters. The molecule has 2 aliphatic heterocycles. The van der Waals surface area contributed by atoms with Crippen LogP contribution in [0.4, 0.5) is 17.3 Å². The Bertz CT molecular complexity index is 1650. The summed E-state index contributed by atoms with van der Waals surface area (Å²) >= 11 is 0. The van der Waals surface area contributed by atoms with E-state index < -0.39 is 0 Å². The molecule has 0 saturated carbocycles. The smallest absolute Gasteiger partial charge is 0.175 e. The lowest BCUT2D eigenvalue weighted by atomic mass is 10.1. The van der Waals surface area contributed by atoms with Crippen LogP contribution >= 0.6 is 0 Å². The molecule has 2 aliphatic rings. The number of aryl methyl sites for hydroxylation is 2. The molecule has 0 aliphatic carbocycles. The van der Waals surface area contributed by atoms with Crippen LogP contribution in [0.25, 0.3) is 21.9 Å². The first kappa shape index (κ1) is 21.8. The summed E-state index contributed by atoms with van der Waals surface area (Å²) in [5.74, 6) is 3.81. The van der Waals surface area contributed by atoms with Gasteiger partial charge >= 0.3 is 0 Å². The second kappa shape index (κ2) is 8.59. The maximum absolute atomic E-state index is 6.24. The molecule has 5 aromatic rings. The van der Waals surface area contributed by atoms with Gasteiger partial charge in [-0.1, -0.05) is 0 Å². The quantitative estimate of drug-likeness (QED) is 0.385. The fraction of sp³-hybridized carbons (Fsp3) is 0.259. The van der Waals surface area contributed by atoms with E-state index in [1.54, 1.807) is 18.9 Å². The van der Waals surface area contributed by atoms with Gasteiger partial charge in [0.05, 0.1) is 40.5 Å². The Morgan fingerprint density at radius 1 is 1.08 bits per heavy atom. The molecular weight excluding hydrogens is 468 g/mol. The van der Waals surface area contributed by atoms with Crippen molar-refractivity contribution in [2.45, 2.75) is 13.0 Å². The van der Waals surface area contributed by atoms with Gasteiger partial charge in [0.1, 0.15) is 30.3 Å². The number of fused-ring (bicyclic) bond motifs is 6. The predicted molar refractivity (Wildman–Crippen MR) is 142 cm³/mol. The van der Waals surface area contributed by atoms with Crippen LogP contribution in [-0.2, 0) is 7.05 Å². The zero-order chi connectivity index (χ0) is 24.9. The number of benzene rings is 2. The number of aromatic nitrogens is 5. The van der Waals surface area contributed by atoms with Crippen LogP contribution in [0.15, 0.2) is 55.2 Å². The first-order valence-corrected chi connectivity index (χ1v) is 12.3. The van der Waals surface area contributed by atoms with Crippen LogP contribution in [0.3, 0.4) is 0 Å².